The molecule has 0 radical (unpaired) electrons. The van der Waals surface area contributed by atoms with E-state index in [9.17, 15) is 4.79 Å². The zero-order chi connectivity index (χ0) is 25.5. The predicted octanol–water partition coefficient (Wildman–Crippen LogP) is 4.90. The monoisotopic (exact) mass is 520 g/mol. The van der Waals surface area contributed by atoms with Gasteiger partial charge in [-0.15, -0.1) is 10.2 Å². The van der Waals surface area contributed by atoms with E-state index in [-0.39, 0.29) is 11.7 Å². The molecule has 1 amide bonds. The highest BCUT2D eigenvalue weighted by molar-refractivity contribution is 7.99. The van der Waals surface area contributed by atoms with Crippen molar-refractivity contribution in [1.29, 1.82) is 0 Å². The number of nitrogens with one attached hydrogen (secondary N) is 1. The lowest BCUT2D eigenvalue weighted by Crippen LogP contribution is -2.20. The minimum absolute atomic E-state index is 0.116. The van der Waals surface area contributed by atoms with E-state index in [1.54, 1.807) is 25.5 Å². The smallest absolute Gasteiger partial charge is 0.250 e. The maximum atomic E-state index is 12.4. The van der Waals surface area contributed by atoms with Gasteiger partial charge in [0.15, 0.2) is 11.0 Å². The van der Waals surface area contributed by atoms with Crippen molar-refractivity contribution in [2.45, 2.75) is 5.16 Å². The molecular weight excluding hydrogens is 496 g/mol. The van der Waals surface area contributed by atoms with Crippen molar-refractivity contribution in [1.82, 2.24) is 20.2 Å². The van der Waals surface area contributed by atoms with Crippen LogP contribution in [0.5, 0.6) is 5.75 Å². The average molecular weight is 521 g/mol. The number of methoxy groups -OCH3 is 1. The first kappa shape index (κ1) is 25.3. The number of aromatic nitrogens is 3. The van der Waals surface area contributed by atoms with Crippen molar-refractivity contribution < 1.29 is 9.53 Å². The Kier molecular flexibility index (Phi) is 8.24. The van der Waals surface area contributed by atoms with Gasteiger partial charge in [0, 0.05) is 36.1 Å². The number of hydrogen-bond donors (Lipinski definition) is 1. The molecule has 0 saturated carbocycles. The molecule has 4 rings (SSSR count). The number of anilines is 1. The topological polar surface area (TPSA) is 84.6 Å². The fourth-order valence-electron chi connectivity index (χ4n) is 3.31. The van der Waals surface area contributed by atoms with Gasteiger partial charge >= 0.3 is 0 Å². The van der Waals surface area contributed by atoms with Crippen molar-refractivity contribution in [3.05, 3.63) is 83.4 Å². The fourth-order valence-corrected chi connectivity index (χ4v) is 4.18. The lowest BCUT2D eigenvalue weighted by atomic mass is 10.2. The van der Waals surface area contributed by atoms with Gasteiger partial charge in [0.25, 0.3) is 5.91 Å². The summed E-state index contributed by atoms with van der Waals surface area (Å²) in [5.41, 5.74) is 6.24. The molecule has 8 nitrogen and oxygen atoms in total. The van der Waals surface area contributed by atoms with Crippen LogP contribution in [0.4, 0.5) is 5.69 Å². The number of thioether (sulfide) groups is 1. The molecular formula is C26H25ClN6O2S. The summed E-state index contributed by atoms with van der Waals surface area (Å²) in [6.07, 6.45) is 1.61. The molecule has 0 fully saturated rings. The van der Waals surface area contributed by atoms with Gasteiger partial charge in [-0.2, -0.15) is 5.10 Å². The van der Waals surface area contributed by atoms with E-state index < -0.39 is 0 Å². The number of ether oxygens (including phenoxy) is 1. The third kappa shape index (κ3) is 6.24. The summed E-state index contributed by atoms with van der Waals surface area (Å²) in [7, 11) is 5.58. The summed E-state index contributed by atoms with van der Waals surface area (Å²) in [5, 5.41) is 14.0. The Labute approximate surface area is 218 Å². The summed E-state index contributed by atoms with van der Waals surface area (Å²) in [6.45, 7) is 0. The number of carbonyl (C=O) groups is 1. The van der Waals surface area contributed by atoms with Crippen molar-refractivity contribution >= 4 is 41.2 Å². The van der Waals surface area contributed by atoms with Crippen LogP contribution in [0.25, 0.3) is 17.1 Å². The van der Waals surface area contributed by atoms with E-state index in [4.69, 9.17) is 16.3 Å². The number of amides is 1. The molecule has 0 aliphatic carbocycles. The molecule has 0 aliphatic heterocycles. The molecule has 184 valence electrons. The summed E-state index contributed by atoms with van der Waals surface area (Å²) in [6, 6.07) is 22.8. The third-order valence-electron chi connectivity index (χ3n) is 5.21. The van der Waals surface area contributed by atoms with Crippen molar-refractivity contribution in [3.63, 3.8) is 0 Å². The summed E-state index contributed by atoms with van der Waals surface area (Å²) in [4.78, 5) is 14.5. The summed E-state index contributed by atoms with van der Waals surface area (Å²) in [5.74, 6) is 1.25. The largest absolute Gasteiger partial charge is 0.497 e. The predicted molar refractivity (Wildman–Crippen MR) is 146 cm³/mol. The van der Waals surface area contributed by atoms with E-state index in [0.29, 0.717) is 16.0 Å². The molecule has 36 heavy (non-hydrogen) atoms. The van der Waals surface area contributed by atoms with Crippen LogP contribution < -0.4 is 15.1 Å². The standard InChI is InChI=1S/C26H25ClN6O2S/c1-32(2)21-10-4-18(5-11-21)16-28-29-24(34)17-36-26-31-30-25(19-6-14-23(35-3)15-7-19)33(26)22-12-8-20(27)9-13-22/h4-16H,17H2,1-3H3,(H,29,34)/b28-16+. The Bertz CT molecular complexity index is 1340. The molecule has 0 unspecified atom stereocenters. The van der Waals surface area contributed by atoms with Gasteiger partial charge in [-0.1, -0.05) is 35.5 Å². The highest BCUT2D eigenvalue weighted by Gasteiger charge is 2.17. The third-order valence-corrected chi connectivity index (χ3v) is 6.39. The molecule has 0 aliphatic rings. The van der Waals surface area contributed by atoms with Gasteiger partial charge in [-0.05, 0) is 66.2 Å². The Morgan fingerprint density at radius 2 is 1.75 bits per heavy atom. The van der Waals surface area contributed by atoms with Crippen molar-refractivity contribution in [2.75, 3.05) is 31.9 Å². The number of carbonyl (C=O) groups excluding carboxylic acids is 1. The average Bonchev–Trinajstić information content (AvgIpc) is 3.32. The fraction of sp³-hybridized carbons (Fsp3) is 0.154. The Morgan fingerprint density at radius 3 is 2.39 bits per heavy atom. The molecule has 10 heteroatoms. The second kappa shape index (κ2) is 11.7. The maximum absolute atomic E-state index is 12.4. The van der Waals surface area contributed by atoms with Crippen LogP contribution >= 0.6 is 23.4 Å². The van der Waals surface area contributed by atoms with E-state index in [0.717, 1.165) is 28.3 Å². The van der Waals surface area contributed by atoms with Crippen LogP contribution in [-0.4, -0.2) is 53.8 Å². The Morgan fingerprint density at radius 1 is 1.06 bits per heavy atom. The SMILES string of the molecule is COc1ccc(-c2nnc(SCC(=O)N/N=C/c3ccc(N(C)C)cc3)n2-c2ccc(Cl)cc2)cc1. The minimum atomic E-state index is -0.252. The Hall–Kier alpha value is -3.82. The maximum Gasteiger partial charge on any atom is 0.250 e. The second-order valence-corrected chi connectivity index (χ2v) is 9.29. The zero-order valence-corrected chi connectivity index (χ0v) is 21.6. The number of benzene rings is 3. The van der Waals surface area contributed by atoms with Crippen LogP contribution in [0.15, 0.2) is 83.1 Å². The first-order valence-corrected chi connectivity index (χ1v) is 12.4. The minimum Gasteiger partial charge on any atom is -0.497 e. The van der Waals surface area contributed by atoms with Crippen molar-refractivity contribution in [3.8, 4) is 22.8 Å². The van der Waals surface area contributed by atoms with Gasteiger partial charge in [-0.25, -0.2) is 5.43 Å². The molecule has 1 aromatic heterocycles. The van der Waals surface area contributed by atoms with Gasteiger partial charge in [0.1, 0.15) is 5.75 Å². The number of rotatable bonds is 9. The first-order chi connectivity index (χ1) is 17.4. The molecule has 1 N–H and O–H groups in total. The Balaban J connectivity index is 1.47. The number of halogens is 1. The molecule has 3 aromatic carbocycles. The summed E-state index contributed by atoms with van der Waals surface area (Å²) >= 11 is 7.36. The van der Waals surface area contributed by atoms with Gasteiger partial charge < -0.3 is 9.64 Å². The van der Waals surface area contributed by atoms with Gasteiger partial charge in [0.2, 0.25) is 0 Å². The van der Waals surface area contributed by atoms with E-state index >= 15 is 0 Å². The highest BCUT2D eigenvalue weighted by atomic mass is 35.5. The molecule has 1 heterocycles. The van der Waals surface area contributed by atoms with Gasteiger partial charge in [0.05, 0.1) is 19.1 Å². The van der Waals surface area contributed by atoms with Crippen LogP contribution in [-0.2, 0) is 4.79 Å². The van der Waals surface area contributed by atoms with E-state index in [1.165, 1.54) is 11.8 Å². The van der Waals surface area contributed by atoms with Crippen molar-refractivity contribution in [2.24, 2.45) is 5.10 Å². The molecule has 4 aromatic rings. The lowest BCUT2D eigenvalue weighted by molar-refractivity contribution is -0.118. The van der Waals surface area contributed by atoms with Crippen LogP contribution in [0, 0.1) is 0 Å². The first-order valence-electron chi connectivity index (χ1n) is 11.0. The van der Waals surface area contributed by atoms with Gasteiger partial charge in [-0.3, -0.25) is 9.36 Å². The number of hydrazone groups is 1. The number of nitrogens with zero attached hydrogens (tertiary/aromatic N) is 5. The highest BCUT2D eigenvalue weighted by Crippen LogP contribution is 2.29. The summed E-state index contributed by atoms with van der Waals surface area (Å²) < 4.78 is 7.15. The van der Waals surface area contributed by atoms with Crippen LogP contribution in [0.1, 0.15) is 5.56 Å². The van der Waals surface area contributed by atoms with Crippen LogP contribution in [0.2, 0.25) is 5.02 Å². The van der Waals surface area contributed by atoms with E-state index in [2.05, 4.69) is 20.7 Å². The second-order valence-electron chi connectivity index (χ2n) is 7.91. The molecule has 0 saturated heterocycles. The molecule has 0 atom stereocenters. The van der Waals surface area contributed by atoms with Crippen LogP contribution in [0.3, 0.4) is 0 Å². The number of hydrogen-bond acceptors (Lipinski definition) is 7. The normalized spacial score (nSPS) is 11.0. The zero-order valence-electron chi connectivity index (χ0n) is 20.1. The van der Waals surface area contributed by atoms with E-state index in [1.807, 2.05) is 84.2 Å². The molecule has 0 bridgehead atoms. The quantitative estimate of drug-likeness (QED) is 0.192. The molecule has 0 spiro atoms. The lowest BCUT2D eigenvalue weighted by Gasteiger charge is -2.11.